The minimum absolute atomic E-state index is 0.0194. The Morgan fingerprint density at radius 1 is 1.14 bits per heavy atom. The number of carbonyl (C=O) groups excluding carboxylic acids is 2. The molecule has 0 aliphatic carbocycles. The summed E-state index contributed by atoms with van der Waals surface area (Å²) in [6, 6.07) is 18.5. The van der Waals surface area contributed by atoms with Crippen LogP contribution in [0.4, 0.5) is 11.4 Å². The van der Waals surface area contributed by atoms with Crippen LogP contribution in [0.15, 0.2) is 66.7 Å². The minimum atomic E-state index is -1.24. The summed E-state index contributed by atoms with van der Waals surface area (Å²) in [5, 5.41) is 14.9. The Morgan fingerprint density at radius 3 is 2.54 bits per heavy atom. The van der Waals surface area contributed by atoms with Gasteiger partial charge in [0.1, 0.15) is 11.3 Å². The standard InChI is InChI=1S/C28H24ClN3O5/c1-37-20-12-13-22-21(15-20)28(27(34)30-22)25(26(33)17-4-8-18(29)9-5-17)24(23-3-2-14-31(23)28)16-6-10-19(11-7-16)32(35)36/h4-13,15,23-25H,2-3,14H2,1H3,(H,30,34)/t23?,24?,25?,28-/m1/s1. The maximum absolute atomic E-state index is 14.4. The number of fused-ring (bicyclic) bond motifs is 4. The van der Waals surface area contributed by atoms with Crippen LogP contribution in [0.3, 0.4) is 0 Å². The van der Waals surface area contributed by atoms with Crippen molar-refractivity contribution in [3.8, 4) is 5.75 Å². The molecule has 3 aliphatic heterocycles. The second-order valence-electron chi connectivity index (χ2n) is 9.76. The molecule has 6 rings (SSSR count). The van der Waals surface area contributed by atoms with E-state index >= 15 is 0 Å². The molecule has 9 heteroatoms. The van der Waals surface area contributed by atoms with Gasteiger partial charge in [0, 0.05) is 45.9 Å². The molecular formula is C28H24ClN3O5. The molecule has 3 aromatic carbocycles. The Morgan fingerprint density at radius 2 is 1.86 bits per heavy atom. The number of nitro groups is 1. The van der Waals surface area contributed by atoms with E-state index in [1.165, 1.54) is 12.1 Å². The first-order valence-electron chi connectivity index (χ1n) is 12.2. The van der Waals surface area contributed by atoms with Crippen LogP contribution in [0.25, 0.3) is 0 Å². The van der Waals surface area contributed by atoms with Crippen LogP contribution in [0, 0.1) is 16.0 Å². The van der Waals surface area contributed by atoms with Gasteiger partial charge in [-0.15, -0.1) is 0 Å². The average molecular weight is 518 g/mol. The number of carbonyl (C=O) groups is 2. The number of anilines is 1. The van der Waals surface area contributed by atoms with E-state index < -0.39 is 16.4 Å². The molecule has 188 valence electrons. The van der Waals surface area contributed by atoms with Crippen LogP contribution in [0.2, 0.25) is 5.02 Å². The molecule has 1 amide bonds. The van der Waals surface area contributed by atoms with E-state index in [0.717, 1.165) is 24.0 Å². The van der Waals surface area contributed by atoms with Gasteiger partial charge >= 0.3 is 0 Å². The quantitative estimate of drug-likeness (QED) is 0.285. The lowest BCUT2D eigenvalue weighted by Crippen LogP contribution is -2.52. The van der Waals surface area contributed by atoms with E-state index in [2.05, 4.69) is 10.2 Å². The maximum atomic E-state index is 14.4. The lowest BCUT2D eigenvalue weighted by Gasteiger charge is -2.37. The third-order valence-electron chi connectivity index (χ3n) is 8.11. The van der Waals surface area contributed by atoms with Crippen LogP contribution in [-0.2, 0) is 10.3 Å². The van der Waals surface area contributed by atoms with Crippen molar-refractivity contribution in [3.05, 3.63) is 98.6 Å². The van der Waals surface area contributed by atoms with Crippen LogP contribution in [0.1, 0.15) is 40.2 Å². The smallest absolute Gasteiger partial charge is 0.269 e. The fraction of sp³-hybridized carbons (Fsp3) is 0.286. The predicted octanol–water partition coefficient (Wildman–Crippen LogP) is 5.17. The van der Waals surface area contributed by atoms with Crippen LogP contribution < -0.4 is 10.1 Å². The second-order valence-corrected chi connectivity index (χ2v) is 10.2. The van der Waals surface area contributed by atoms with E-state index in [9.17, 15) is 19.7 Å². The van der Waals surface area contributed by atoms with E-state index in [0.29, 0.717) is 28.6 Å². The number of ketones is 1. The van der Waals surface area contributed by atoms with Gasteiger partial charge < -0.3 is 10.1 Å². The van der Waals surface area contributed by atoms with Crippen molar-refractivity contribution in [3.63, 3.8) is 0 Å². The molecule has 4 atom stereocenters. The molecule has 1 spiro atoms. The van der Waals surface area contributed by atoms with Gasteiger partial charge in [-0.1, -0.05) is 23.7 Å². The van der Waals surface area contributed by atoms with Crippen molar-refractivity contribution in [2.24, 2.45) is 5.92 Å². The first-order valence-corrected chi connectivity index (χ1v) is 12.5. The van der Waals surface area contributed by atoms with Gasteiger partial charge in [-0.3, -0.25) is 24.6 Å². The Hall–Kier alpha value is -3.75. The van der Waals surface area contributed by atoms with Gasteiger partial charge in [0.2, 0.25) is 5.91 Å². The van der Waals surface area contributed by atoms with E-state index in [1.54, 1.807) is 49.6 Å². The number of hydrogen-bond acceptors (Lipinski definition) is 6. The van der Waals surface area contributed by atoms with Gasteiger partial charge in [0.25, 0.3) is 5.69 Å². The van der Waals surface area contributed by atoms with Gasteiger partial charge in [-0.05, 0) is 67.4 Å². The highest BCUT2D eigenvalue weighted by atomic mass is 35.5. The fourth-order valence-electron chi connectivity index (χ4n) is 6.65. The molecule has 2 fully saturated rings. The zero-order valence-electron chi connectivity index (χ0n) is 20.0. The summed E-state index contributed by atoms with van der Waals surface area (Å²) >= 11 is 6.11. The number of non-ortho nitro benzene ring substituents is 1. The molecule has 0 aromatic heterocycles. The molecule has 3 unspecified atom stereocenters. The van der Waals surface area contributed by atoms with Crippen molar-refractivity contribution in [1.82, 2.24) is 4.90 Å². The van der Waals surface area contributed by atoms with Crippen molar-refractivity contribution in [1.29, 1.82) is 0 Å². The van der Waals surface area contributed by atoms with Crippen LogP contribution in [0.5, 0.6) is 5.75 Å². The molecule has 0 saturated carbocycles. The van der Waals surface area contributed by atoms with Crippen molar-refractivity contribution >= 4 is 34.7 Å². The molecule has 0 bridgehead atoms. The second kappa shape index (κ2) is 8.68. The molecular weight excluding hydrogens is 494 g/mol. The number of ether oxygens (including phenoxy) is 1. The third-order valence-corrected chi connectivity index (χ3v) is 8.36. The van der Waals surface area contributed by atoms with E-state index in [-0.39, 0.29) is 29.3 Å². The lowest BCUT2D eigenvalue weighted by atomic mass is 9.68. The first kappa shape index (κ1) is 23.6. The largest absolute Gasteiger partial charge is 0.497 e. The number of nitrogens with one attached hydrogen (secondary N) is 1. The van der Waals surface area contributed by atoms with Crippen molar-refractivity contribution < 1.29 is 19.2 Å². The normalized spacial score (nSPS) is 26.1. The molecule has 1 N–H and O–H groups in total. The molecule has 8 nitrogen and oxygen atoms in total. The summed E-state index contributed by atoms with van der Waals surface area (Å²) < 4.78 is 5.51. The third kappa shape index (κ3) is 3.39. The average Bonchev–Trinajstić information content (AvgIpc) is 3.57. The highest BCUT2D eigenvalue weighted by Crippen LogP contribution is 2.61. The molecule has 3 heterocycles. The molecule has 0 radical (unpaired) electrons. The topological polar surface area (TPSA) is 102 Å². The fourth-order valence-corrected chi connectivity index (χ4v) is 6.78. The van der Waals surface area contributed by atoms with Gasteiger partial charge in [-0.25, -0.2) is 0 Å². The molecule has 3 aliphatic rings. The summed E-state index contributed by atoms with van der Waals surface area (Å²) in [6.45, 7) is 0.655. The highest BCUT2D eigenvalue weighted by Gasteiger charge is 2.69. The van der Waals surface area contributed by atoms with E-state index in [4.69, 9.17) is 16.3 Å². The number of hydrogen-bond donors (Lipinski definition) is 1. The number of nitrogens with zero attached hydrogens (tertiary/aromatic N) is 2. The number of benzene rings is 3. The Bertz CT molecular complexity index is 1420. The summed E-state index contributed by atoms with van der Waals surface area (Å²) in [5.74, 6) is -0.926. The molecule has 2 saturated heterocycles. The number of Topliss-reactive ketones (excluding diaryl/α,β-unsaturated/α-hetero) is 1. The number of methoxy groups -OCH3 is 1. The summed E-state index contributed by atoms with van der Waals surface area (Å²) in [5.41, 5.74) is 1.39. The minimum Gasteiger partial charge on any atom is -0.497 e. The summed E-state index contributed by atoms with van der Waals surface area (Å²) in [6.07, 6.45) is 1.69. The zero-order chi connectivity index (χ0) is 25.9. The monoisotopic (exact) mass is 517 g/mol. The van der Waals surface area contributed by atoms with Gasteiger partial charge in [0.05, 0.1) is 18.0 Å². The van der Waals surface area contributed by atoms with Gasteiger partial charge in [0.15, 0.2) is 5.78 Å². The molecule has 37 heavy (non-hydrogen) atoms. The van der Waals surface area contributed by atoms with Gasteiger partial charge in [-0.2, -0.15) is 0 Å². The van der Waals surface area contributed by atoms with E-state index in [1.807, 2.05) is 12.1 Å². The predicted molar refractivity (Wildman–Crippen MR) is 138 cm³/mol. The number of amides is 1. The molecule has 3 aromatic rings. The zero-order valence-corrected chi connectivity index (χ0v) is 20.8. The summed E-state index contributed by atoms with van der Waals surface area (Å²) in [4.78, 5) is 41.5. The number of rotatable bonds is 5. The van der Waals surface area contributed by atoms with Crippen LogP contribution >= 0.6 is 11.6 Å². The Balaban J connectivity index is 1.59. The first-order chi connectivity index (χ1) is 17.9. The van der Waals surface area contributed by atoms with Crippen molar-refractivity contribution in [2.45, 2.75) is 30.3 Å². The van der Waals surface area contributed by atoms with Crippen LogP contribution in [-0.4, -0.2) is 41.2 Å². The maximum Gasteiger partial charge on any atom is 0.269 e. The Labute approximate surface area is 218 Å². The summed E-state index contributed by atoms with van der Waals surface area (Å²) in [7, 11) is 1.57. The SMILES string of the molecule is COc1ccc2c(c1)[C@]1(C(=O)N2)C(C(=O)c2ccc(Cl)cc2)C(c2ccc([N+](=O)[O-])cc2)C2CCCN21. The lowest BCUT2D eigenvalue weighted by molar-refractivity contribution is -0.384. The number of nitro benzene ring substituents is 1. The highest BCUT2D eigenvalue weighted by molar-refractivity contribution is 6.30. The number of halogens is 1. The Kier molecular flexibility index (Phi) is 5.54. The van der Waals surface area contributed by atoms with Crippen molar-refractivity contribution in [2.75, 3.05) is 19.0 Å².